The third-order valence-electron chi connectivity index (χ3n) is 2.95. The fraction of sp³-hybridized carbons (Fsp3) is 0.357. The molecule has 0 saturated heterocycles. The molecule has 7 heteroatoms. The van der Waals surface area contributed by atoms with Crippen molar-refractivity contribution in [1.82, 2.24) is 14.8 Å². The van der Waals surface area contributed by atoms with Gasteiger partial charge >= 0.3 is 5.97 Å². The van der Waals surface area contributed by atoms with Crippen LogP contribution in [0.4, 0.5) is 0 Å². The lowest BCUT2D eigenvalue weighted by atomic mass is 10.2. The van der Waals surface area contributed by atoms with Crippen LogP contribution in [0.15, 0.2) is 29.4 Å². The van der Waals surface area contributed by atoms with E-state index in [-0.39, 0.29) is 11.2 Å². The van der Waals surface area contributed by atoms with Gasteiger partial charge in [-0.25, -0.2) is 0 Å². The van der Waals surface area contributed by atoms with Gasteiger partial charge in [0.05, 0.1) is 7.11 Å². The molecule has 0 N–H and O–H groups in total. The van der Waals surface area contributed by atoms with Gasteiger partial charge in [-0.3, -0.25) is 4.79 Å². The van der Waals surface area contributed by atoms with Crippen molar-refractivity contribution in [2.75, 3.05) is 7.11 Å². The van der Waals surface area contributed by atoms with Crippen LogP contribution in [-0.4, -0.2) is 33.1 Å². The molecule has 1 atom stereocenters. The number of aromatic nitrogens is 3. The number of benzene rings is 1. The van der Waals surface area contributed by atoms with Gasteiger partial charge in [-0.05, 0) is 38.1 Å². The predicted molar refractivity (Wildman–Crippen MR) is 83.5 cm³/mol. The van der Waals surface area contributed by atoms with E-state index >= 15 is 0 Å². The molecule has 1 heterocycles. The number of carbonyl (C=O) groups is 1. The average Bonchev–Trinajstić information content (AvgIpc) is 2.89. The van der Waals surface area contributed by atoms with Crippen LogP contribution in [-0.2, 0) is 16.1 Å². The van der Waals surface area contributed by atoms with E-state index in [1.807, 2.05) is 35.8 Å². The third kappa shape index (κ3) is 3.57. The Balaban J connectivity index is 2.29. The summed E-state index contributed by atoms with van der Waals surface area (Å²) in [6, 6.07) is 7.43. The first kappa shape index (κ1) is 15.9. The molecule has 2 rings (SSSR count). The zero-order valence-corrected chi connectivity index (χ0v) is 13.6. The first-order valence-electron chi connectivity index (χ1n) is 6.50. The van der Waals surface area contributed by atoms with Crippen LogP contribution in [0.1, 0.15) is 13.8 Å². The molecule has 0 aliphatic carbocycles. The zero-order chi connectivity index (χ0) is 15.4. The number of methoxy groups -OCH3 is 1. The molecule has 1 aromatic carbocycles. The molecule has 21 heavy (non-hydrogen) atoms. The van der Waals surface area contributed by atoms with Crippen LogP contribution in [0.25, 0.3) is 11.4 Å². The first-order chi connectivity index (χ1) is 10.1. The SMILES string of the molecule is CCn1c(SC(C)C(=O)OC)nnc1-c1ccc(Cl)cc1. The van der Waals surface area contributed by atoms with Gasteiger partial charge in [0.2, 0.25) is 0 Å². The lowest BCUT2D eigenvalue weighted by molar-refractivity contribution is -0.139. The van der Waals surface area contributed by atoms with Gasteiger partial charge in [-0.15, -0.1) is 10.2 Å². The summed E-state index contributed by atoms with van der Waals surface area (Å²) in [6.45, 7) is 4.50. The Kier molecular flexibility index (Phi) is 5.25. The molecule has 0 saturated carbocycles. The molecule has 1 unspecified atom stereocenters. The third-order valence-corrected chi connectivity index (χ3v) is 4.26. The van der Waals surface area contributed by atoms with Crippen molar-refractivity contribution in [2.45, 2.75) is 30.8 Å². The Labute approximate surface area is 132 Å². The molecule has 0 aliphatic rings. The molecule has 1 aromatic heterocycles. The summed E-state index contributed by atoms with van der Waals surface area (Å²) in [7, 11) is 1.38. The van der Waals surface area contributed by atoms with Crippen LogP contribution in [0.5, 0.6) is 0 Å². The van der Waals surface area contributed by atoms with Crippen LogP contribution in [0, 0.1) is 0 Å². The lowest BCUT2D eigenvalue weighted by Crippen LogP contribution is -2.15. The minimum atomic E-state index is -0.331. The maximum atomic E-state index is 11.5. The van der Waals surface area contributed by atoms with Crippen molar-refractivity contribution >= 4 is 29.3 Å². The van der Waals surface area contributed by atoms with E-state index in [4.69, 9.17) is 16.3 Å². The number of ether oxygens (including phenoxy) is 1. The molecule has 0 fully saturated rings. The number of hydrogen-bond donors (Lipinski definition) is 0. The van der Waals surface area contributed by atoms with Gasteiger partial charge < -0.3 is 9.30 Å². The van der Waals surface area contributed by atoms with Crippen molar-refractivity contribution < 1.29 is 9.53 Å². The maximum Gasteiger partial charge on any atom is 0.318 e. The summed E-state index contributed by atoms with van der Waals surface area (Å²) >= 11 is 7.23. The number of esters is 1. The quantitative estimate of drug-likeness (QED) is 0.623. The van der Waals surface area contributed by atoms with Gasteiger partial charge in [0, 0.05) is 17.1 Å². The summed E-state index contributed by atoms with van der Waals surface area (Å²) in [5, 5.41) is 9.44. The van der Waals surface area contributed by atoms with E-state index in [0.717, 1.165) is 11.4 Å². The topological polar surface area (TPSA) is 57.0 Å². The number of carbonyl (C=O) groups excluding carboxylic acids is 1. The van der Waals surface area contributed by atoms with E-state index in [0.29, 0.717) is 16.7 Å². The highest BCUT2D eigenvalue weighted by atomic mass is 35.5. The van der Waals surface area contributed by atoms with E-state index in [9.17, 15) is 4.79 Å². The fourth-order valence-corrected chi connectivity index (χ4v) is 2.91. The number of rotatable bonds is 5. The van der Waals surface area contributed by atoms with Crippen LogP contribution >= 0.6 is 23.4 Å². The Morgan fingerprint density at radius 2 is 2.05 bits per heavy atom. The van der Waals surface area contributed by atoms with Gasteiger partial charge in [0.1, 0.15) is 5.25 Å². The highest BCUT2D eigenvalue weighted by Gasteiger charge is 2.20. The summed E-state index contributed by atoms with van der Waals surface area (Å²) < 4.78 is 6.70. The van der Waals surface area contributed by atoms with E-state index < -0.39 is 0 Å². The summed E-state index contributed by atoms with van der Waals surface area (Å²) in [4.78, 5) is 11.5. The van der Waals surface area contributed by atoms with Gasteiger partial charge in [-0.2, -0.15) is 0 Å². The van der Waals surface area contributed by atoms with Crippen molar-refractivity contribution in [3.8, 4) is 11.4 Å². The number of hydrogen-bond acceptors (Lipinski definition) is 5. The second-order valence-electron chi connectivity index (χ2n) is 4.34. The largest absolute Gasteiger partial charge is 0.468 e. The van der Waals surface area contributed by atoms with Crippen LogP contribution in [0.3, 0.4) is 0 Å². The van der Waals surface area contributed by atoms with Crippen molar-refractivity contribution in [3.05, 3.63) is 29.3 Å². The van der Waals surface area contributed by atoms with E-state index in [2.05, 4.69) is 10.2 Å². The van der Waals surface area contributed by atoms with Crippen LogP contribution in [0.2, 0.25) is 5.02 Å². The lowest BCUT2D eigenvalue weighted by Gasteiger charge is -2.10. The molecular weight excluding hydrogens is 310 g/mol. The number of halogens is 1. The number of thioether (sulfide) groups is 1. The Morgan fingerprint density at radius 3 is 2.62 bits per heavy atom. The smallest absolute Gasteiger partial charge is 0.318 e. The maximum absolute atomic E-state index is 11.5. The van der Waals surface area contributed by atoms with Gasteiger partial charge in [0.15, 0.2) is 11.0 Å². The first-order valence-corrected chi connectivity index (χ1v) is 7.76. The van der Waals surface area contributed by atoms with Gasteiger partial charge in [-0.1, -0.05) is 23.4 Å². The Bertz CT molecular complexity index is 628. The molecule has 0 amide bonds. The van der Waals surface area contributed by atoms with Gasteiger partial charge in [0.25, 0.3) is 0 Å². The monoisotopic (exact) mass is 325 g/mol. The molecule has 0 bridgehead atoms. The molecule has 112 valence electrons. The van der Waals surface area contributed by atoms with E-state index in [1.165, 1.54) is 18.9 Å². The Hall–Kier alpha value is -1.53. The molecule has 2 aromatic rings. The molecule has 0 aliphatic heterocycles. The average molecular weight is 326 g/mol. The standard InChI is InChI=1S/C14H16ClN3O2S/c1-4-18-12(10-5-7-11(15)8-6-10)16-17-14(18)21-9(2)13(19)20-3/h5-9H,4H2,1-3H3. The second kappa shape index (κ2) is 6.95. The van der Waals surface area contributed by atoms with Crippen LogP contribution < -0.4 is 0 Å². The molecular formula is C14H16ClN3O2S. The predicted octanol–water partition coefficient (Wildman–Crippen LogP) is 3.27. The van der Waals surface area contributed by atoms with Crippen molar-refractivity contribution in [3.63, 3.8) is 0 Å². The normalized spacial score (nSPS) is 12.2. The highest BCUT2D eigenvalue weighted by molar-refractivity contribution is 8.00. The fourth-order valence-electron chi connectivity index (χ4n) is 1.85. The molecule has 0 spiro atoms. The van der Waals surface area contributed by atoms with Crippen molar-refractivity contribution in [2.24, 2.45) is 0 Å². The van der Waals surface area contributed by atoms with E-state index in [1.54, 1.807) is 6.92 Å². The Morgan fingerprint density at radius 1 is 1.38 bits per heavy atom. The molecule has 5 nitrogen and oxygen atoms in total. The minimum absolute atomic E-state index is 0.279. The highest BCUT2D eigenvalue weighted by Crippen LogP contribution is 2.27. The summed E-state index contributed by atoms with van der Waals surface area (Å²) in [6.07, 6.45) is 0. The van der Waals surface area contributed by atoms with Crippen molar-refractivity contribution in [1.29, 1.82) is 0 Å². The zero-order valence-electron chi connectivity index (χ0n) is 12.0. The molecule has 0 radical (unpaired) electrons. The second-order valence-corrected chi connectivity index (χ2v) is 6.08. The minimum Gasteiger partial charge on any atom is -0.468 e. The number of nitrogens with zero attached hydrogens (tertiary/aromatic N) is 3. The summed E-state index contributed by atoms with van der Waals surface area (Å²) in [5.74, 6) is 0.479. The summed E-state index contributed by atoms with van der Waals surface area (Å²) in [5.41, 5.74) is 0.936.